The van der Waals surface area contributed by atoms with E-state index in [2.05, 4.69) is 20.3 Å². The number of fused-ring (bicyclic) bond motifs is 1. The maximum atomic E-state index is 12.8. The zero-order chi connectivity index (χ0) is 22.8. The van der Waals surface area contributed by atoms with Gasteiger partial charge >= 0.3 is 0 Å². The number of aromatic nitrogens is 3. The van der Waals surface area contributed by atoms with E-state index in [9.17, 15) is 13.2 Å². The molecule has 168 valence electrons. The maximum absolute atomic E-state index is 12.8. The smallest absolute Gasteiger partial charge is 0.271 e. The topological polar surface area (TPSA) is 132 Å². The van der Waals surface area contributed by atoms with Crippen LogP contribution < -0.4 is 16.6 Å². The SMILES string of the molecule is CN=CC(=CN)S(=O)(=O)C1CCC(Nc2ncc3cc(Cl)c(=O)n(C(C)C)c3n2)CC1. The lowest BCUT2D eigenvalue weighted by molar-refractivity contribution is 0.452. The van der Waals surface area contributed by atoms with Crippen LogP contribution in [0.2, 0.25) is 5.02 Å². The average Bonchev–Trinajstić information content (AvgIpc) is 2.73. The summed E-state index contributed by atoms with van der Waals surface area (Å²) in [7, 11) is -2.00. The van der Waals surface area contributed by atoms with Crippen molar-refractivity contribution in [2.75, 3.05) is 12.4 Å². The Kier molecular flexibility index (Phi) is 7.00. The lowest BCUT2D eigenvalue weighted by atomic mass is 9.95. The minimum Gasteiger partial charge on any atom is -0.404 e. The summed E-state index contributed by atoms with van der Waals surface area (Å²) in [5.41, 5.74) is 5.70. The van der Waals surface area contributed by atoms with E-state index in [1.165, 1.54) is 13.3 Å². The Labute approximate surface area is 186 Å². The first-order valence-corrected chi connectivity index (χ1v) is 12.0. The third kappa shape index (κ3) is 4.74. The van der Waals surface area contributed by atoms with Crippen LogP contribution in [-0.2, 0) is 9.84 Å². The summed E-state index contributed by atoms with van der Waals surface area (Å²) in [5, 5.41) is 3.59. The van der Waals surface area contributed by atoms with Gasteiger partial charge in [0.1, 0.15) is 15.6 Å². The molecule has 31 heavy (non-hydrogen) atoms. The van der Waals surface area contributed by atoms with Crippen LogP contribution in [0.15, 0.2) is 33.2 Å². The number of hydrogen-bond acceptors (Lipinski definition) is 8. The third-order valence-corrected chi connectivity index (χ3v) is 7.96. The van der Waals surface area contributed by atoms with Gasteiger partial charge in [-0.3, -0.25) is 14.4 Å². The molecule has 9 nitrogen and oxygen atoms in total. The highest BCUT2D eigenvalue weighted by molar-refractivity contribution is 7.96. The summed E-state index contributed by atoms with van der Waals surface area (Å²) in [6.07, 6.45) is 6.28. The van der Waals surface area contributed by atoms with Crippen molar-refractivity contribution in [3.05, 3.63) is 38.7 Å². The van der Waals surface area contributed by atoms with Crippen molar-refractivity contribution in [2.24, 2.45) is 10.7 Å². The molecular formula is C20H27ClN6O3S. The second-order valence-corrected chi connectivity index (χ2v) is 10.5. The second kappa shape index (κ2) is 9.35. The number of sulfone groups is 1. The zero-order valence-electron chi connectivity index (χ0n) is 17.7. The summed E-state index contributed by atoms with van der Waals surface area (Å²) in [6, 6.07) is 1.48. The minimum atomic E-state index is -3.51. The molecule has 2 aromatic heterocycles. The molecule has 0 amide bonds. The fraction of sp³-hybridized carbons (Fsp3) is 0.500. The van der Waals surface area contributed by atoms with E-state index < -0.39 is 15.1 Å². The number of nitrogens with zero attached hydrogens (tertiary/aromatic N) is 4. The van der Waals surface area contributed by atoms with E-state index in [1.54, 1.807) is 16.8 Å². The zero-order valence-corrected chi connectivity index (χ0v) is 19.3. The van der Waals surface area contributed by atoms with E-state index in [1.807, 2.05) is 13.8 Å². The Balaban J connectivity index is 1.77. The molecule has 3 N–H and O–H groups in total. The molecule has 0 atom stereocenters. The van der Waals surface area contributed by atoms with Gasteiger partial charge in [0, 0.05) is 43.1 Å². The Morgan fingerprint density at radius 2 is 2.03 bits per heavy atom. The van der Waals surface area contributed by atoms with E-state index in [0.29, 0.717) is 42.7 Å². The minimum absolute atomic E-state index is 0.0283. The fourth-order valence-electron chi connectivity index (χ4n) is 3.87. The highest BCUT2D eigenvalue weighted by Gasteiger charge is 2.33. The van der Waals surface area contributed by atoms with Crippen molar-refractivity contribution in [3.8, 4) is 0 Å². The first-order valence-electron chi connectivity index (χ1n) is 10.1. The maximum Gasteiger partial charge on any atom is 0.271 e. The van der Waals surface area contributed by atoms with Gasteiger partial charge in [0.05, 0.1) is 5.25 Å². The predicted octanol–water partition coefficient (Wildman–Crippen LogP) is 2.66. The first-order chi connectivity index (χ1) is 14.7. The number of halogens is 1. The quantitative estimate of drug-likeness (QED) is 0.625. The van der Waals surface area contributed by atoms with Gasteiger partial charge in [-0.1, -0.05) is 11.6 Å². The van der Waals surface area contributed by atoms with Crippen molar-refractivity contribution in [1.29, 1.82) is 0 Å². The van der Waals surface area contributed by atoms with Crippen molar-refractivity contribution < 1.29 is 8.42 Å². The summed E-state index contributed by atoms with van der Waals surface area (Å²) in [6.45, 7) is 3.78. The Hall–Kier alpha value is -2.46. The van der Waals surface area contributed by atoms with Crippen LogP contribution in [0.4, 0.5) is 5.95 Å². The molecule has 0 saturated heterocycles. The second-order valence-electron chi connectivity index (χ2n) is 7.85. The highest BCUT2D eigenvalue weighted by Crippen LogP contribution is 2.29. The predicted molar refractivity (Wildman–Crippen MR) is 124 cm³/mol. The van der Waals surface area contributed by atoms with Gasteiger partial charge in [0.15, 0.2) is 9.84 Å². The summed E-state index contributed by atoms with van der Waals surface area (Å²) < 4.78 is 27.0. The van der Waals surface area contributed by atoms with Gasteiger partial charge < -0.3 is 11.1 Å². The number of pyridine rings is 1. The highest BCUT2D eigenvalue weighted by atomic mass is 35.5. The van der Waals surface area contributed by atoms with E-state index in [0.717, 1.165) is 6.20 Å². The largest absolute Gasteiger partial charge is 0.404 e. The molecule has 1 saturated carbocycles. The summed E-state index contributed by atoms with van der Waals surface area (Å²) in [5.74, 6) is 0.399. The molecule has 2 heterocycles. The van der Waals surface area contributed by atoms with E-state index in [-0.39, 0.29) is 27.6 Å². The van der Waals surface area contributed by atoms with E-state index >= 15 is 0 Å². The molecule has 2 aromatic rings. The molecular weight excluding hydrogens is 440 g/mol. The molecule has 11 heteroatoms. The molecule has 0 radical (unpaired) electrons. The van der Waals surface area contributed by atoms with Crippen LogP contribution >= 0.6 is 11.6 Å². The van der Waals surface area contributed by atoms with Gasteiger partial charge in [-0.2, -0.15) is 4.98 Å². The number of rotatable bonds is 6. The fourth-order valence-corrected chi connectivity index (χ4v) is 5.79. The number of nitrogens with one attached hydrogen (secondary N) is 1. The van der Waals surface area contributed by atoms with Crippen LogP contribution in [0.3, 0.4) is 0 Å². The number of nitrogens with two attached hydrogens (primary N) is 1. The Morgan fingerprint density at radius 3 is 2.61 bits per heavy atom. The van der Waals surface area contributed by atoms with Gasteiger partial charge in [0.2, 0.25) is 5.95 Å². The normalized spacial score (nSPS) is 20.6. The van der Waals surface area contributed by atoms with E-state index in [4.69, 9.17) is 17.3 Å². The number of aliphatic imine (C=N–C) groups is 1. The van der Waals surface area contributed by atoms with Crippen molar-refractivity contribution >= 4 is 44.6 Å². The van der Waals surface area contributed by atoms with Crippen LogP contribution in [0.5, 0.6) is 0 Å². The molecule has 1 aliphatic carbocycles. The molecule has 0 spiro atoms. The van der Waals surface area contributed by atoms with Crippen molar-refractivity contribution in [3.63, 3.8) is 0 Å². The first kappa shape index (κ1) is 23.2. The van der Waals surface area contributed by atoms with Crippen LogP contribution in [-0.4, -0.2) is 47.5 Å². The Bertz CT molecular complexity index is 1180. The Morgan fingerprint density at radius 1 is 1.35 bits per heavy atom. The number of allylic oxidation sites excluding steroid dienone is 1. The summed E-state index contributed by atoms with van der Waals surface area (Å²) >= 11 is 6.06. The lowest BCUT2D eigenvalue weighted by Gasteiger charge is -2.29. The summed E-state index contributed by atoms with van der Waals surface area (Å²) in [4.78, 5) is 25.2. The standard InChI is InChI=1S/C20H27ClN6O3S/c1-12(2)27-18-13(8-17(21)19(27)28)10-24-20(26-18)25-14-4-6-15(7-5-14)31(29,30)16(9-22)11-23-3/h8-12,14-15H,4-7,22H2,1-3H3,(H,24,25,26). The number of hydrogen-bond donors (Lipinski definition) is 2. The molecule has 0 unspecified atom stereocenters. The third-order valence-electron chi connectivity index (χ3n) is 5.44. The van der Waals surface area contributed by atoms with Crippen LogP contribution in [0.25, 0.3) is 11.0 Å². The van der Waals surface area contributed by atoms with Gasteiger partial charge in [-0.25, -0.2) is 13.4 Å². The monoisotopic (exact) mass is 466 g/mol. The number of anilines is 1. The average molecular weight is 467 g/mol. The molecule has 3 rings (SSSR count). The molecule has 1 fully saturated rings. The molecule has 1 aliphatic rings. The molecule has 0 bridgehead atoms. The molecule has 0 aromatic carbocycles. The molecule has 0 aliphatic heterocycles. The van der Waals surface area contributed by atoms with Crippen molar-refractivity contribution in [1.82, 2.24) is 14.5 Å². The van der Waals surface area contributed by atoms with Crippen LogP contribution in [0, 0.1) is 0 Å². The van der Waals surface area contributed by atoms with Crippen molar-refractivity contribution in [2.45, 2.75) is 56.9 Å². The lowest BCUT2D eigenvalue weighted by Crippen LogP contribution is -2.34. The van der Waals surface area contributed by atoms with Gasteiger partial charge in [-0.15, -0.1) is 0 Å². The van der Waals surface area contributed by atoms with Gasteiger partial charge in [-0.05, 0) is 45.6 Å². The van der Waals surface area contributed by atoms with Crippen LogP contribution in [0.1, 0.15) is 45.6 Å². The van der Waals surface area contributed by atoms with Gasteiger partial charge in [0.25, 0.3) is 5.56 Å².